The molecule has 0 aromatic heterocycles. The molecule has 2 rings (SSSR count). The van der Waals surface area contributed by atoms with Gasteiger partial charge in [-0.05, 0) is 73.0 Å². The first-order valence-corrected chi connectivity index (χ1v) is 8.23. The van der Waals surface area contributed by atoms with Crippen molar-refractivity contribution >= 4 is 28.3 Å². The summed E-state index contributed by atoms with van der Waals surface area (Å²) in [4.78, 5) is 0. The highest BCUT2D eigenvalue weighted by molar-refractivity contribution is 14.1. The maximum Gasteiger partial charge on any atom is 0.0667 e. The smallest absolute Gasteiger partial charge is 0.0667 e. The number of hydrogen-bond donors (Lipinski definition) is 1. The zero-order valence-electron chi connectivity index (χ0n) is 12.3. The number of aryl methyl sites for hydroxylation is 1. The molecule has 1 fully saturated rings. The molecule has 3 unspecified atom stereocenters. The molecule has 0 amide bonds. The molecule has 19 heavy (non-hydrogen) atoms. The van der Waals surface area contributed by atoms with E-state index in [1.54, 1.807) is 0 Å². The first kappa shape index (κ1) is 15.1. The molecule has 3 heteroatoms. The lowest BCUT2D eigenvalue weighted by Crippen LogP contribution is -2.59. The molecule has 3 atom stereocenters. The molecule has 106 valence electrons. The number of rotatable bonds is 5. The minimum absolute atomic E-state index is 0.255. The van der Waals surface area contributed by atoms with Crippen molar-refractivity contribution in [2.75, 3.05) is 11.9 Å². The average Bonchev–Trinajstić information content (AvgIpc) is 2.39. The zero-order chi connectivity index (χ0) is 14.0. The van der Waals surface area contributed by atoms with Crippen molar-refractivity contribution in [2.24, 2.45) is 5.41 Å². The average molecular weight is 373 g/mol. The molecule has 0 bridgehead atoms. The molecule has 1 aromatic rings. The Morgan fingerprint density at radius 3 is 2.74 bits per heavy atom. The molecule has 1 aliphatic carbocycles. The van der Waals surface area contributed by atoms with Crippen LogP contribution >= 0.6 is 22.6 Å². The van der Waals surface area contributed by atoms with Crippen molar-refractivity contribution in [1.29, 1.82) is 0 Å². The topological polar surface area (TPSA) is 21.3 Å². The third-order valence-corrected chi connectivity index (χ3v) is 5.30. The maximum atomic E-state index is 5.86. The maximum absolute atomic E-state index is 5.86. The van der Waals surface area contributed by atoms with E-state index in [9.17, 15) is 0 Å². The molecule has 0 radical (unpaired) electrons. The quantitative estimate of drug-likeness (QED) is 0.762. The fraction of sp³-hybridized carbons (Fsp3) is 0.625. The van der Waals surface area contributed by atoms with Gasteiger partial charge in [0.1, 0.15) is 0 Å². The van der Waals surface area contributed by atoms with Crippen LogP contribution in [0.1, 0.15) is 39.2 Å². The normalized spacial score (nSPS) is 29.9. The van der Waals surface area contributed by atoms with Crippen molar-refractivity contribution < 1.29 is 4.74 Å². The molecule has 1 aliphatic rings. The van der Waals surface area contributed by atoms with Gasteiger partial charge in [-0.2, -0.15) is 0 Å². The summed E-state index contributed by atoms with van der Waals surface area (Å²) in [5, 5.41) is 3.72. The number of halogens is 1. The van der Waals surface area contributed by atoms with E-state index in [-0.39, 0.29) is 5.41 Å². The van der Waals surface area contributed by atoms with Crippen LogP contribution < -0.4 is 5.32 Å². The molecule has 1 aromatic carbocycles. The van der Waals surface area contributed by atoms with Gasteiger partial charge in [0, 0.05) is 27.3 Å². The Morgan fingerprint density at radius 2 is 2.16 bits per heavy atom. The van der Waals surface area contributed by atoms with E-state index >= 15 is 0 Å². The molecule has 0 aliphatic heterocycles. The van der Waals surface area contributed by atoms with Gasteiger partial charge in [0.25, 0.3) is 0 Å². The van der Waals surface area contributed by atoms with E-state index < -0.39 is 0 Å². The molecule has 0 heterocycles. The SMILES string of the molecule is CCOC1CC(Nc2ccc(I)cc2C)C1(C)CC. The number of benzene rings is 1. The van der Waals surface area contributed by atoms with Crippen molar-refractivity contribution in [3.63, 3.8) is 0 Å². The Bertz CT molecular complexity index is 448. The molecule has 0 saturated heterocycles. The van der Waals surface area contributed by atoms with Crippen LogP contribution in [-0.4, -0.2) is 18.8 Å². The van der Waals surface area contributed by atoms with Gasteiger partial charge < -0.3 is 10.1 Å². The summed E-state index contributed by atoms with van der Waals surface area (Å²) in [6, 6.07) is 7.11. The van der Waals surface area contributed by atoms with Gasteiger partial charge in [0.05, 0.1) is 6.10 Å². The molecule has 0 spiro atoms. The molecule has 1 N–H and O–H groups in total. The highest BCUT2D eigenvalue weighted by Gasteiger charge is 2.51. The van der Waals surface area contributed by atoms with E-state index in [0.717, 1.165) is 19.4 Å². The fourth-order valence-corrected chi connectivity index (χ4v) is 3.60. The number of hydrogen-bond acceptors (Lipinski definition) is 2. The monoisotopic (exact) mass is 373 g/mol. The van der Waals surface area contributed by atoms with E-state index in [4.69, 9.17) is 4.74 Å². The van der Waals surface area contributed by atoms with Crippen LogP contribution in [0.2, 0.25) is 0 Å². The molecule has 1 saturated carbocycles. The third-order valence-electron chi connectivity index (χ3n) is 4.63. The summed E-state index contributed by atoms with van der Waals surface area (Å²) in [6.07, 6.45) is 2.67. The summed E-state index contributed by atoms with van der Waals surface area (Å²) in [7, 11) is 0. The lowest BCUT2D eigenvalue weighted by molar-refractivity contribution is -0.109. The first-order valence-electron chi connectivity index (χ1n) is 7.15. The fourth-order valence-electron chi connectivity index (χ4n) is 2.95. The van der Waals surface area contributed by atoms with Crippen LogP contribution in [0, 0.1) is 15.9 Å². The second kappa shape index (κ2) is 6.00. The number of anilines is 1. The van der Waals surface area contributed by atoms with E-state index in [1.807, 2.05) is 0 Å². The van der Waals surface area contributed by atoms with Crippen LogP contribution in [0.25, 0.3) is 0 Å². The highest BCUT2D eigenvalue weighted by Crippen LogP contribution is 2.47. The van der Waals surface area contributed by atoms with Gasteiger partial charge in [-0.15, -0.1) is 0 Å². The van der Waals surface area contributed by atoms with Crippen LogP contribution in [0.3, 0.4) is 0 Å². The molecule has 2 nitrogen and oxygen atoms in total. The number of ether oxygens (including phenoxy) is 1. The third kappa shape index (κ3) is 2.92. The van der Waals surface area contributed by atoms with Crippen molar-refractivity contribution in [1.82, 2.24) is 0 Å². The Morgan fingerprint density at radius 1 is 1.42 bits per heavy atom. The Balaban J connectivity index is 2.08. The zero-order valence-corrected chi connectivity index (χ0v) is 14.5. The Labute approximate surface area is 130 Å². The predicted octanol–water partition coefficient (Wildman–Crippen LogP) is 4.61. The van der Waals surface area contributed by atoms with Gasteiger partial charge >= 0.3 is 0 Å². The Kier molecular flexibility index (Phi) is 4.77. The minimum Gasteiger partial charge on any atom is -0.381 e. The van der Waals surface area contributed by atoms with Gasteiger partial charge in [-0.25, -0.2) is 0 Å². The van der Waals surface area contributed by atoms with E-state index in [2.05, 4.69) is 73.8 Å². The largest absolute Gasteiger partial charge is 0.381 e. The number of nitrogens with one attached hydrogen (secondary N) is 1. The molecular formula is C16H24INO. The van der Waals surface area contributed by atoms with Gasteiger partial charge in [-0.3, -0.25) is 0 Å². The van der Waals surface area contributed by atoms with Crippen molar-refractivity contribution in [3.8, 4) is 0 Å². The lowest BCUT2D eigenvalue weighted by Gasteiger charge is -2.54. The molecular weight excluding hydrogens is 349 g/mol. The van der Waals surface area contributed by atoms with Gasteiger partial charge in [0.2, 0.25) is 0 Å². The van der Waals surface area contributed by atoms with E-state index in [1.165, 1.54) is 14.8 Å². The van der Waals surface area contributed by atoms with Gasteiger partial charge in [0.15, 0.2) is 0 Å². The standard InChI is InChI=1S/C16H24INO/c1-5-16(4)14(10-15(16)19-6-2)18-13-8-7-12(17)9-11(13)3/h7-9,14-15,18H,5-6,10H2,1-4H3. The highest BCUT2D eigenvalue weighted by atomic mass is 127. The lowest BCUT2D eigenvalue weighted by atomic mass is 9.61. The van der Waals surface area contributed by atoms with Crippen molar-refractivity contribution in [3.05, 3.63) is 27.3 Å². The second-order valence-corrected chi connectivity index (χ2v) is 6.94. The summed E-state index contributed by atoms with van der Waals surface area (Å²) >= 11 is 2.36. The second-order valence-electron chi connectivity index (χ2n) is 5.70. The van der Waals surface area contributed by atoms with Crippen LogP contribution in [-0.2, 0) is 4.74 Å². The Hall–Kier alpha value is -0.290. The predicted molar refractivity (Wildman–Crippen MR) is 89.7 cm³/mol. The van der Waals surface area contributed by atoms with Gasteiger partial charge in [-0.1, -0.05) is 13.8 Å². The summed E-state index contributed by atoms with van der Waals surface area (Å²) in [6.45, 7) is 9.68. The minimum atomic E-state index is 0.255. The van der Waals surface area contributed by atoms with E-state index in [0.29, 0.717) is 12.1 Å². The summed E-state index contributed by atoms with van der Waals surface area (Å²) < 4.78 is 7.15. The van der Waals surface area contributed by atoms with Crippen LogP contribution in [0.5, 0.6) is 0 Å². The summed E-state index contributed by atoms with van der Waals surface area (Å²) in [5.41, 5.74) is 2.84. The van der Waals surface area contributed by atoms with Crippen LogP contribution in [0.15, 0.2) is 18.2 Å². The van der Waals surface area contributed by atoms with Crippen LogP contribution in [0.4, 0.5) is 5.69 Å². The van der Waals surface area contributed by atoms with Crippen molar-refractivity contribution in [2.45, 2.75) is 52.7 Å². The summed E-state index contributed by atoms with van der Waals surface area (Å²) in [5.74, 6) is 0. The first-order chi connectivity index (χ1) is 9.01.